The van der Waals surface area contributed by atoms with Gasteiger partial charge < -0.3 is 15.4 Å². The molecule has 1 aromatic rings. The predicted octanol–water partition coefficient (Wildman–Crippen LogP) is 3.81. The van der Waals surface area contributed by atoms with Crippen molar-refractivity contribution in [3.05, 3.63) is 29.8 Å². The van der Waals surface area contributed by atoms with E-state index < -0.39 is 0 Å². The van der Waals surface area contributed by atoms with Crippen molar-refractivity contribution >= 4 is 29.9 Å². The fraction of sp³-hybridized carbons (Fsp3) is 0.682. The summed E-state index contributed by atoms with van der Waals surface area (Å²) in [7, 11) is 3.62. The molecule has 0 radical (unpaired) electrons. The zero-order valence-corrected chi connectivity index (χ0v) is 19.6. The summed E-state index contributed by atoms with van der Waals surface area (Å²) in [5.41, 5.74) is 1.90. The first-order chi connectivity index (χ1) is 13.2. The van der Waals surface area contributed by atoms with Gasteiger partial charge in [-0.05, 0) is 80.6 Å². The quantitative estimate of drug-likeness (QED) is 0.325. The fourth-order valence-electron chi connectivity index (χ4n) is 4.62. The summed E-state index contributed by atoms with van der Waals surface area (Å²) < 4.78 is 5.45. The number of rotatable bonds is 8. The summed E-state index contributed by atoms with van der Waals surface area (Å²) in [6.07, 6.45) is 8.22. The molecule has 2 saturated carbocycles. The van der Waals surface area contributed by atoms with Crippen molar-refractivity contribution in [1.29, 1.82) is 0 Å². The van der Waals surface area contributed by atoms with E-state index in [0.717, 1.165) is 30.7 Å². The predicted molar refractivity (Wildman–Crippen MR) is 126 cm³/mol. The Hall–Kier alpha value is -1.02. The van der Waals surface area contributed by atoms with Crippen molar-refractivity contribution in [2.75, 3.05) is 40.3 Å². The van der Waals surface area contributed by atoms with Crippen LogP contribution in [0, 0.1) is 11.3 Å². The highest BCUT2D eigenvalue weighted by Gasteiger charge is 2.53. The number of methoxy groups -OCH3 is 1. The molecule has 0 spiro atoms. The van der Waals surface area contributed by atoms with Gasteiger partial charge in [0.05, 0.1) is 13.2 Å². The van der Waals surface area contributed by atoms with Crippen LogP contribution in [0.5, 0.6) is 5.75 Å². The van der Waals surface area contributed by atoms with Gasteiger partial charge in [0.15, 0.2) is 5.96 Å². The molecule has 1 aromatic carbocycles. The molecule has 3 aliphatic rings. The smallest absolute Gasteiger partial charge is 0.191 e. The van der Waals surface area contributed by atoms with Crippen molar-refractivity contribution in [2.24, 2.45) is 16.3 Å². The molecule has 0 aromatic heterocycles. The molecule has 1 atom stereocenters. The molecule has 5 nitrogen and oxygen atoms in total. The molecule has 0 bridgehead atoms. The van der Waals surface area contributed by atoms with Crippen molar-refractivity contribution in [3.63, 3.8) is 0 Å². The lowest BCUT2D eigenvalue weighted by Gasteiger charge is -2.29. The van der Waals surface area contributed by atoms with Crippen LogP contribution in [0.3, 0.4) is 0 Å². The van der Waals surface area contributed by atoms with E-state index in [9.17, 15) is 0 Å². The molecule has 3 fully saturated rings. The van der Waals surface area contributed by atoms with Crippen LogP contribution in [0.25, 0.3) is 0 Å². The summed E-state index contributed by atoms with van der Waals surface area (Å²) in [6.45, 7) is 4.27. The van der Waals surface area contributed by atoms with E-state index in [0.29, 0.717) is 11.5 Å². The summed E-state index contributed by atoms with van der Waals surface area (Å²) in [4.78, 5) is 7.06. The minimum atomic E-state index is 0. The lowest BCUT2D eigenvalue weighted by molar-refractivity contribution is 0.244. The molecule has 1 saturated heterocycles. The molecular formula is C22H35IN4O. The van der Waals surface area contributed by atoms with Crippen LogP contribution in [-0.2, 0) is 0 Å². The highest BCUT2D eigenvalue weighted by molar-refractivity contribution is 14.0. The van der Waals surface area contributed by atoms with E-state index >= 15 is 0 Å². The first-order valence-corrected chi connectivity index (χ1v) is 10.6. The number of nitrogens with one attached hydrogen (secondary N) is 2. The molecule has 1 unspecified atom stereocenters. The van der Waals surface area contributed by atoms with Crippen LogP contribution in [0.1, 0.15) is 50.1 Å². The molecule has 156 valence electrons. The number of likely N-dealkylation sites (tertiary alicyclic amines) is 1. The summed E-state index contributed by atoms with van der Waals surface area (Å²) in [5.74, 6) is 2.84. The number of nitrogens with zero attached hydrogens (tertiary/aromatic N) is 2. The highest BCUT2D eigenvalue weighted by atomic mass is 127. The number of benzene rings is 1. The Bertz CT molecular complexity index is 666. The Kier molecular flexibility index (Phi) is 7.48. The normalized spacial score (nSPS) is 22.3. The maximum atomic E-state index is 5.45. The van der Waals surface area contributed by atoms with Gasteiger partial charge in [-0.2, -0.15) is 0 Å². The molecule has 2 N–H and O–H groups in total. The van der Waals surface area contributed by atoms with Gasteiger partial charge in [0, 0.05) is 20.1 Å². The third-order valence-electron chi connectivity index (χ3n) is 6.69. The second-order valence-electron chi connectivity index (χ2n) is 8.48. The van der Waals surface area contributed by atoms with Gasteiger partial charge in [0.1, 0.15) is 5.75 Å². The summed E-state index contributed by atoms with van der Waals surface area (Å²) in [5, 5.41) is 7.21. The zero-order chi connectivity index (χ0) is 18.7. The lowest BCUT2D eigenvalue weighted by atomic mass is 10.0. The van der Waals surface area contributed by atoms with E-state index in [4.69, 9.17) is 4.74 Å². The van der Waals surface area contributed by atoms with Gasteiger partial charge in [0.2, 0.25) is 0 Å². The zero-order valence-electron chi connectivity index (χ0n) is 17.2. The topological polar surface area (TPSA) is 48.9 Å². The standard InChI is InChI=1S/C22H34N4O.HI/c1-23-21(25-16-22(10-11-22)18-8-9-18)24-15-20(26-12-3-4-13-26)17-6-5-7-19(14-17)27-2;/h5-7,14,18,20H,3-4,8-13,15-16H2,1-2H3,(H2,23,24,25);1H. The number of hydrogen-bond donors (Lipinski definition) is 2. The van der Waals surface area contributed by atoms with Crippen LogP contribution in [-0.4, -0.2) is 51.2 Å². The Balaban J connectivity index is 0.00000225. The van der Waals surface area contributed by atoms with Gasteiger partial charge in [-0.1, -0.05) is 12.1 Å². The Morgan fingerprint density at radius 2 is 2.00 bits per heavy atom. The lowest BCUT2D eigenvalue weighted by Crippen LogP contribution is -2.44. The van der Waals surface area contributed by atoms with E-state index in [1.807, 2.05) is 13.1 Å². The molecule has 2 aliphatic carbocycles. The second-order valence-corrected chi connectivity index (χ2v) is 8.48. The fourth-order valence-corrected chi connectivity index (χ4v) is 4.62. The largest absolute Gasteiger partial charge is 0.497 e. The molecule has 28 heavy (non-hydrogen) atoms. The van der Waals surface area contributed by atoms with Crippen LogP contribution >= 0.6 is 24.0 Å². The first-order valence-electron chi connectivity index (χ1n) is 10.6. The average molecular weight is 498 g/mol. The minimum absolute atomic E-state index is 0. The van der Waals surface area contributed by atoms with Crippen LogP contribution in [0.2, 0.25) is 0 Å². The third-order valence-corrected chi connectivity index (χ3v) is 6.69. The van der Waals surface area contributed by atoms with Crippen molar-refractivity contribution in [3.8, 4) is 5.75 Å². The Morgan fingerprint density at radius 3 is 2.61 bits per heavy atom. The Morgan fingerprint density at radius 1 is 1.25 bits per heavy atom. The summed E-state index contributed by atoms with van der Waals surface area (Å²) in [6, 6.07) is 8.85. The molecule has 4 rings (SSSR count). The minimum Gasteiger partial charge on any atom is -0.497 e. The van der Waals surface area contributed by atoms with E-state index in [1.165, 1.54) is 57.2 Å². The number of guanidine groups is 1. The summed E-state index contributed by atoms with van der Waals surface area (Å²) >= 11 is 0. The number of ether oxygens (including phenoxy) is 1. The van der Waals surface area contributed by atoms with Crippen molar-refractivity contribution in [2.45, 2.75) is 44.6 Å². The molecular weight excluding hydrogens is 463 g/mol. The van der Waals surface area contributed by atoms with Crippen LogP contribution < -0.4 is 15.4 Å². The number of halogens is 1. The first kappa shape index (κ1) is 21.7. The van der Waals surface area contributed by atoms with Gasteiger partial charge in [-0.15, -0.1) is 24.0 Å². The van der Waals surface area contributed by atoms with Crippen molar-refractivity contribution in [1.82, 2.24) is 15.5 Å². The van der Waals surface area contributed by atoms with Crippen LogP contribution in [0.15, 0.2) is 29.3 Å². The van der Waals surface area contributed by atoms with Crippen LogP contribution in [0.4, 0.5) is 0 Å². The third kappa shape index (κ3) is 5.12. The second kappa shape index (κ2) is 9.65. The highest BCUT2D eigenvalue weighted by Crippen LogP contribution is 2.60. The van der Waals surface area contributed by atoms with Gasteiger partial charge in [0.25, 0.3) is 0 Å². The molecule has 6 heteroatoms. The SMILES string of the molecule is CN=C(NCC(c1cccc(OC)c1)N1CCCC1)NCC1(C2CC2)CC1.I. The van der Waals surface area contributed by atoms with Crippen molar-refractivity contribution < 1.29 is 4.74 Å². The average Bonchev–Trinajstić information content (AvgIpc) is 3.63. The molecule has 1 aliphatic heterocycles. The van der Waals surface area contributed by atoms with E-state index in [1.54, 1.807) is 7.11 Å². The van der Waals surface area contributed by atoms with Gasteiger partial charge in [-0.3, -0.25) is 9.89 Å². The van der Waals surface area contributed by atoms with Gasteiger partial charge >= 0.3 is 0 Å². The number of aliphatic imine (C=N–C) groups is 1. The van der Waals surface area contributed by atoms with E-state index in [-0.39, 0.29) is 24.0 Å². The monoisotopic (exact) mass is 498 g/mol. The molecule has 0 amide bonds. The maximum Gasteiger partial charge on any atom is 0.191 e. The Labute approximate surface area is 186 Å². The maximum absolute atomic E-state index is 5.45. The molecule has 1 heterocycles. The van der Waals surface area contributed by atoms with E-state index in [2.05, 4.69) is 38.7 Å². The number of hydrogen-bond acceptors (Lipinski definition) is 3. The van der Waals surface area contributed by atoms with Gasteiger partial charge in [-0.25, -0.2) is 0 Å².